The van der Waals surface area contributed by atoms with Crippen LogP contribution in [0, 0.1) is 11.3 Å². The van der Waals surface area contributed by atoms with Crippen molar-refractivity contribution in [2.45, 2.75) is 4.90 Å². The van der Waals surface area contributed by atoms with Crippen LogP contribution >= 0.6 is 23.2 Å². The molecule has 2 rings (SSSR count). The molecule has 0 saturated carbocycles. The van der Waals surface area contributed by atoms with E-state index in [2.05, 4.69) is 4.72 Å². The predicted molar refractivity (Wildman–Crippen MR) is 82.8 cm³/mol. The molecule has 3 N–H and O–H groups in total. The number of nitrogens with two attached hydrogens (primary N) is 1. The minimum atomic E-state index is -3.94. The summed E-state index contributed by atoms with van der Waals surface area (Å²) in [6, 6.07) is 10.2. The fraction of sp³-hybridized carbons (Fsp3) is 0. The van der Waals surface area contributed by atoms with Gasteiger partial charge in [0.05, 0.1) is 33.1 Å². The highest BCUT2D eigenvalue weighted by atomic mass is 35.5. The topological polar surface area (TPSA) is 96.0 Å². The number of halogens is 2. The highest BCUT2D eigenvalue weighted by molar-refractivity contribution is 7.92. The number of nitriles is 1. The maximum atomic E-state index is 12.3. The molecule has 0 aliphatic rings. The van der Waals surface area contributed by atoms with Gasteiger partial charge in [-0.05, 0) is 36.4 Å². The number of nitrogens with zero attached hydrogens (tertiary/aromatic N) is 1. The first-order valence-corrected chi connectivity index (χ1v) is 7.85. The zero-order valence-corrected chi connectivity index (χ0v) is 12.8. The first-order valence-electron chi connectivity index (χ1n) is 5.61. The molecule has 0 spiro atoms. The van der Waals surface area contributed by atoms with Crippen molar-refractivity contribution in [1.29, 1.82) is 5.26 Å². The summed E-state index contributed by atoms with van der Waals surface area (Å²) in [5.74, 6) is 0. The summed E-state index contributed by atoms with van der Waals surface area (Å²) in [5.41, 5.74) is 6.30. The van der Waals surface area contributed by atoms with Crippen LogP contribution in [-0.4, -0.2) is 8.42 Å². The largest absolute Gasteiger partial charge is 0.397 e. The van der Waals surface area contributed by atoms with Crippen LogP contribution < -0.4 is 10.5 Å². The molecule has 0 unspecified atom stereocenters. The average molecular weight is 342 g/mol. The van der Waals surface area contributed by atoms with E-state index in [9.17, 15) is 8.42 Å². The molecule has 108 valence electrons. The van der Waals surface area contributed by atoms with Crippen LogP contribution in [-0.2, 0) is 10.0 Å². The van der Waals surface area contributed by atoms with Crippen molar-refractivity contribution in [3.8, 4) is 6.07 Å². The van der Waals surface area contributed by atoms with Crippen molar-refractivity contribution in [1.82, 2.24) is 0 Å². The molecule has 0 amide bonds. The van der Waals surface area contributed by atoms with Crippen molar-refractivity contribution < 1.29 is 8.42 Å². The fourth-order valence-electron chi connectivity index (χ4n) is 1.60. The number of nitrogens with one attached hydrogen (secondary N) is 1. The summed E-state index contributed by atoms with van der Waals surface area (Å²) >= 11 is 11.7. The normalized spacial score (nSPS) is 10.9. The highest BCUT2D eigenvalue weighted by Gasteiger charge is 2.19. The number of hydrogen-bond donors (Lipinski definition) is 2. The Bertz CT molecular complexity index is 845. The Morgan fingerprint density at radius 2 is 1.76 bits per heavy atom. The van der Waals surface area contributed by atoms with Crippen molar-refractivity contribution in [3.63, 3.8) is 0 Å². The van der Waals surface area contributed by atoms with E-state index in [4.69, 9.17) is 34.2 Å². The van der Waals surface area contributed by atoms with E-state index in [1.165, 1.54) is 36.4 Å². The lowest BCUT2D eigenvalue weighted by atomic mass is 10.2. The van der Waals surface area contributed by atoms with E-state index < -0.39 is 10.0 Å². The molecule has 0 aromatic heterocycles. The molecular weight excluding hydrogens is 333 g/mol. The Labute approximate surface area is 132 Å². The van der Waals surface area contributed by atoms with Gasteiger partial charge < -0.3 is 5.73 Å². The summed E-state index contributed by atoms with van der Waals surface area (Å²) in [6.45, 7) is 0. The average Bonchev–Trinajstić information content (AvgIpc) is 2.43. The van der Waals surface area contributed by atoms with Crippen LogP contribution in [0.25, 0.3) is 0 Å². The molecule has 0 radical (unpaired) electrons. The Balaban J connectivity index is 2.43. The Morgan fingerprint density at radius 3 is 2.38 bits per heavy atom. The highest BCUT2D eigenvalue weighted by Crippen LogP contribution is 2.27. The van der Waals surface area contributed by atoms with Gasteiger partial charge in [-0.25, -0.2) is 8.42 Å². The lowest BCUT2D eigenvalue weighted by Crippen LogP contribution is -2.14. The minimum absolute atomic E-state index is 0.0171. The quantitative estimate of drug-likeness (QED) is 0.837. The second kappa shape index (κ2) is 5.82. The van der Waals surface area contributed by atoms with Crippen LogP contribution in [0.5, 0.6) is 0 Å². The van der Waals surface area contributed by atoms with Gasteiger partial charge >= 0.3 is 0 Å². The molecule has 0 fully saturated rings. The summed E-state index contributed by atoms with van der Waals surface area (Å²) in [5, 5.41) is 9.17. The summed E-state index contributed by atoms with van der Waals surface area (Å²) in [6.07, 6.45) is 0. The maximum Gasteiger partial charge on any atom is 0.263 e. The van der Waals surface area contributed by atoms with E-state index in [-0.39, 0.29) is 26.9 Å². The predicted octanol–water partition coefficient (Wildman–Crippen LogP) is 3.25. The van der Waals surface area contributed by atoms with Crippen LogP contribution in [0.2, 0.25) is 10.0 Å². The summed E-state index contributed by atoms with van der Waals surface area (Å²) in [7, 11) is -3.94. The lowest BCUT2D eigenvalue weighted by molar-refractivity contribution is 0.601. The van der Waals surface area contributed by atoms with Gasteiger partial charge in [-0.1, -0.05) is 23.2 Å². The molecule has 0 aliphatic carbocycles. The van der Waals surface area contributed by atoms with Crippen molar-refractivity contribution in [2.24, 2.45) is 0 Å². The van der Waals surface area contributed by atoms with Crippen molar-refractivity contribution in [2.75, 3.05) is 10.5 Å². The summed E-state index contributed by atoms with van der Waals surface area (Å²) in [4.78, 5) is -0.184. The number of anilines is 2. The number of rotatable bonds is 3. The molecule has 0 saturated heterocycles. The Kier molecular flexibility index (Phi) is 4.28. The van der Waals surface area contributed by atoms with Crippen LogP contribution in [0.3, 0.4) is 0 Å². The molecule has 0 heterocycles. The Morgan fingerprint density at radius 1 is 1.10 bits per heavy atom. The molecule has 2 aromatic carbocycles. The lowest BCUT2D eigenvalue weighted by Gasteiger charge is -2.10. The third-order valence-corrected chi connectivity index (χ3v) is 4.81. The minimum Gasteiger partial charge on any atom is -0.397 e. The van der Waals surface area contributed by atoms with E-state index in [0.717, 1.165) is 0 Å². The standard InChI is InChI=1S/C13H9Cl2N3O2S/c14-10-4-2-9(6-12(10)17)18-21(19,20)13-5-8(7-16)1-3-11(13)15/h1-6,18H,17H2. The van der Waals surface area contributed by atoms with Gasteiger partial charge in [-0.3, -0.25) is 4.72 Å². The van der Waals surface area contributed by atoms with Gasteiger partial charge in [0, 0.05) is 0 Å². The van der Waals surface area contributed by atoms with E-state index in [1.54, 1.807) is 0 Å². The number of hydrogen-bond acceptors (Lipinski definition) is 4. The summed E-state index contributed by atoms with van der Waals surface area (Å²) < 4.78 is 27.0. The second-order valence-electron chi connectivity index (χ2n) is 4.10. The monoisotopic (exact) mass is 341 g/mol. The molecule has 21 heavy (non-hydrogen) atoms. The van der Waals surface area contributed by atoms with Gasteiger partial charge in [-0.2, -0.15) is 5.26 Å². The van der Waals surface area contributed by atoms with E-state index >= 15 is 0 Å². The maximum absolute atomic E-state index is 12.3. The van der Waals surface area contributed by atoms with Crippen LogP contribution in [0.4, 0.5) is 11.4 Å². The number of benzene rings is 2. The number of nitrogen functional groups attached to an aromatic ring is 1. The molecule has 2 aromatic rings. The fourth-order valence-corrected chi connectivity index (χ4v) is 3.29. The number of sulfonamides is 1. The zero-order chi connectivity index (χ0) is 15.6. The van der Waals surface area contributed by atoms with Gasteiger partial charge in [-0.15, -0.1) is 0 Å². The van der Waals surface area contributed by atoms with E-state index in [1.807, 2.05) is 6.07 Å². The first kappa shape index (κ1) is 15.4. The molecular formula is C13H9Cl2N3O2S. The molecule has 0 bridgehead atoms. The van der Waals surface area contributed by atoms with Crippen LogP contribution in [0.1, 0.15) is 5.56 Å². The van der Waals surface area contributed by atoms with Crippen LogP contribution in [0.15, 0.2) is 41.3 Å². The molecule has 0 aliphatic heterocycles. The van der Waals surface area contributed by atoms with E-state index in [0.29, 0.717) is 5.02 Å². The van der Waals surface area contributed by atoms with Gasteiger partial charge in [0.2, 0.25) is 0 Å². The molecule has 5 nitrogen and oxygen atoms in total. The molecule has 0 atom stereocenters. The third kappa shape index (κ3) is 3.39. The van der Waals surface area contributed by atoms with Crippen molar-refractivity contribution in [3.05, 3.63) is 52.0 Å². The SMILES string of the molecule is N#Cc1ccc(Cl)c(S(=O)(=O)Nc2ccc(Cl)c(N)c2)c1. The van der Waals surface area contributed by atoms with Gasteiger partial charge in [0.15, 0.2) is 0 Å². The second-order valence-corrected chi connectivity index (χ2v) is 6.56. The Hall–Kier alpha value is -1.94. The van der Waals surface area contributed by atoms with Gasteiger partial charge in [0.1, 0.15) is 4.90 Å². The smallest absolute Gasteiger partial charge is 0.263 e. The van der Waals surface area contributed by atoms with Gasteiger partial charge in [0.25, 0.3) is 10.0 Å². The van der Waals surface area contributed by atoms with Crippen molar-refractivity contribution >= 4 is 44.6 Å². The molecule has 8 heteroatoms. The first-order chi connectivity index (χ1) is 9.83. The third-order valence-electron chi connectivity index (χ3n) is 2.60. The zero-order valence-electron chi connectivity index (χ0n) is 10.5.